The third-order valence-corrected chi connectivity index (χ3v) is 2.48. The Morgan fingerprint density at radius 1 is 1.36 bits per heavy atom. The topological polar surface area (TPSA) is 78.8 Å². The van der Waals surface area contributed by atoms with Crippen LogP contribution in [0.4, 0.5) is 8.78 Å². The Kier molecular flexibility index (Phi) is 6.47. The molecular formula is C14H12ClF2N3O2. The number of hydrogen-bond acceptors (Lipinski definition) is 4. The van der Waals surface area contributed by atoms with Gasteiger partial charge in [0.15, 0.2) is 5.69 Å². The number of nitrogens with zero attached hydrogens (tertiary/aromatic N) is 2. The van der Waals surface area contributed by atoms with Crippen molar-refractivity contribution in [1.82, 2.24) is 9.97 Å². The summed E-state index contributed by atoms with van der Waals surface area (Å²) < 4.78 is 30.6. The van der Waals surface area contributed by atoms with Gasteiger partial charge in [0, 0.05) is 5.02 Å². The van der Waals surface area contributed by atoms with E-state index in [0.717, 1.165) is 6.33 Å². The van der Waals surface area contributed by atoms with Gasteiger partial charge >= 0.3 is 0 Å². The molecule has 1 heterocycles. The van der Waals surface area contributed by atoms with Crippen LogP contribution in [-0.2, 0) is 0 Å². The van der Waals surface area contributed by atoms with Crippen molar-refractivity contribution in [3.8, 4) is 17.6 Å². The fraction of sp³-hybridized carbons (Fsp3) is 0.214. The average Bonchev–Trinajstić information content (AvgIpc) is 2.50. The van der Waals surface area contributed by atoms with E-state index in [0.29, 0.717) is 0 Å². The maximum Gasteiger partial charge on any atom is 0.294 e. The molecule has 116 valence electrons. The number of ether oxygens (including phenoxy) is 1. The monoisotopic (exact) mass is 327 g/mol. The Morgan fingerprint density at radius 2 is 2.05 bits per heavy atom. The first kappa shape index (κ1) is 17.6. The van der Waals surface area contributed by atoms with E-state index in [-0.39, 0.29) is 16.3 Å². The summed E-state index contributed by atoms with van der Waals surface area (Å²) in [4.78, 5) is 17.0. The molecule has 0 saturated carbocycles. The number of nitrogens with one attached hydrogen (secondary N) is 1. The van der Waals surface area contributed by atoms with Gasteiger partial charge in [-0.15, -0.1) is 0 Å². The van der Waals surface area contributed by atoms with Crippen molar-refractivity contribution in [3.05, 3.63) is 51.2 Å². The van der Waals surface area contributed by atoms with Crippen LogP contribution in [0.3, 0.4) is 0 Å². The number of aromatic nitrogens is 2. The van der Waals surface area contributed by atoms with Gasteiger partial charge < -0.3 is 9.72 Å². The Bertz CT molecular complexity index is 742. The van der Waals surface area contributed by atoms with Crippen LogP contribution in [0.15, 0.2) is 29.3 Å². The van der Waals surface area contributed by atoms with E-state index in [1.54, 1.807) is 0 Å². The summed E-state index contributed by atoms with van der Waals surface area (Å²) in [6, 6.07) is 5.77. The largest absolute Gasteiger partial charge is 0.449 e. The first-order valence-corrected chi connectivity index (χ1v) is 6.63. The van der Waals surface area contributed by atoms with Gasteiger partial charge in [-0.05, 0) is 18.2 Å². The molecule has 0 radical (unpaired) electrons. The summed E-state index contributed by atoms with van der Waals surface area (Å²) in [5.41, 5.74) is -1.47. The van der Waals surface area contributed by atoms with Crippen LogP contribution in [0, 0.1) is 11.3 Å². The average molecular weight is 328 g/mol. The number of H-pyrrole nitrogens is 1. The van der Waals surface area contributed by atoms with Crippen LogP contribution < -0.4 is 10.3 Å². The molecule has 2 aromatic rings. The second-order valence-electron chi connectivity index (χ2n) is 3.64. The second-order valence-corrected chi connectivity index (χ2v) is 4.07. The van der Waals surface area contributed by atoms with Gasteiger partial charge in [0.2, 0.25) is 5.75 Å². The van der Waals surface area contributed by atoms with E-state index in [9.17, 15) is 13.6 Å². The summed E-state index contributed by atoms with van der Waals surface area (Å²) in [6.45, 7) is 4.00. The van der Waals surface area contributed by atoms with Crippen molar-refractivity contribution in [1.29, 1.82) is 5.26 Å². The highest BCUT2D eigenvalue weighted by molar-refractivity contribution is 6.30. The van der Waals surface area contributed by atoms with Gasteiger partial charge in [0.05, 0.1) is 18.0 Å². The highest BCUT2D eigenvalue weighted by Gasteiger charge is 2.20. The minimum absolute atomic E-state index is 0.00514. The number of alkyl halides is 2. The second kappa shape index (κ2) is 8.10. The molecule has 0 aliphatic heterocycles. The lowest BCUT2D eigenvalue weighted by Crippen LogP contribution is -2.13. The minimum Gasteiger partial charge on any atom is -0.449 e. The van der Waals surface area contributed by atoms with Gasteiger partial charge in [0.25, 0.3) is 12.0 Å². The number of benzene rings is 1. The molecule has 8 heteroatoms. The Balaban J connectivity index is 0.00000116. The number of halogens is 3. The number of aromatic amines is 1. The molecule has 2 rings (SSSR count). The number of nitriles is 1. The van der Waals surface area contributed by atoms with E-state index in [4.69, 9.17) is 21.6 Å². The molecule has 0 fully saturated rings. The van der Waals surface area contributed by atoms with Crippen LogP contribution in [0.1, 0.15) is 31.5 Å². The normalized spacial score (nSPS) is 9.68. The number of hydrogen-bond donors (Lipinski definition) is 1. The van der Waals surface area contributed by atoms with E-state index in [1.807, 2.05) is 19.9 Å². The molecular weight excluding hydrogens is 316 g/mol. The van der Waals surface area contributed by atoms with Gasteiger partial charge in [-0.1, -0.05) is 25.4 Å². The summed E-state index contributed by atoms with van der Waals surface area (Å²) in [5.74, 6) is -0.636. The molecule has 22 heavy (non-hydrogen) atoms. The van der Waals surface area contributed by atoms with Crippen LogP contribution >= 0.6 is 11.6 Å². The van der Waals surface area contributed by atoms with Crippen molar-refractivity contribution in [2.75, 3.05) is 0 Å². The Morgan fingerprint density at radius 3 is 2.64 bits per heavy atom. The maximum atomic E-state index is 12.8. The van der Waals surface area contributed by atoms with E-state index in [1.165, 1.54) is 18.2 Å². The smallest absolute Gasteiger partial charge is 0.294 e. The van der Waals surface area contributed by atoms with Crippen LogP contribution in [0.5, 0.6) is 11.5 Å². The van der Waals surface area contributed by atoms with Gasteiger partial charge in [0.1, 0.15) is 5.75 Å². The molecule has 0 bridgehead atoms. The lowest BCUT2D eigenvalue weighted by atomic mass is 10.2. The van der Waals surface area contributed by atoms with E-state index < -0.39 is 23.4 Å². The fourth-order valence-electron chi connectivity index (χ4n) is 1.46. The fourth-order valence-corrected chi connectivity index (χ4v) is 1.68. The third kappa shape index (κ3) is 4.27. The SMILES string of the molecule is CC.N#Cc1cc(Cl)cc(Oc2c(C(F)F)nc[nH]c2=O)c1. The van der Waals surface area contributed by atoms with Crippen LogP contribution in [0.25, 0.3) is 0 Å². The van der Waals surface area contributed by atoms with Crippen molar-refractivity contribution >= 4 is 11.6 Å². The molecule has 1 aromatic heterocycles. The lowest BCUT2D eigenvalue weighted by molar-refractivity contribution is 0.142. The van der Waals surface area contributed by atoms with E-state index >= 15 is 0 Å². The molecule has 0 atom stereocenters. The van der Waals surface area contributed by atoms with Crippen molar-refractivity contribution in [2.24, 2.45) is 0 Å². The standard InChI is InChI=1S/C12H6ClF2N3O2.C2H6/c13-7-1-6(4-16)2-8(3-7)20-10-9(11(14)15)17-5-18-12(10)19;1-2/h1-3,5,11H,(H,17,18,19);1-2H3. The number of rotatable bonds is 3. The van der Waals surface area contributed by atoms with Crippen molar-refractivity contribution < 1.29 is 13.5 Å². The highest BCUT2D eigenvalue weighted by Crippen LogP contribution is 2.29. The zero-order valence-electron chi connectivity index (χ0n) is 11.7. The van der Waals surface area contributed by atoms with E-state index in [2.05, 4.69) is 9.97 Å². The first-order valence-electron chi connectivity index (χ1n) is 6.25. The molecule has 0 saturated heterocycles. The predicted octanol–water partition coefficient (Wildman–Crippen LogP) is 4.05. The highest BCUT2D eigenvalue weighted by atomic mass is 35.5. The molecule has 0 unspecified atom stereocenters. The zero-order valence-corrected chi connectivity index (χ0v) is 12.5. The van der Waals surface area contributed by atoms with Crippen molar-refractivity contribution in [2.45, 2.75) is 20.3 Å². The summed E-state index contributed by atoms with van der Waals surface area (Å²) in [5, 5.41) is 8.96. The summed E-state index contributed by atoms with van der Waals surface area (Å²) >= 11 is 5.76. The maximum absolute atomic E-state index is 12.8. The minimum atomic E-state index is -2.97. The zero-order chi connectivity index (χ0) is 16.7. The molecule has 0 spiro atoms. The molecule has 1 N–H and O–H groups in total. The summed E-state index contributed by atoms with van der Waals surface area (Å²) in [6.07, 6.45) is -2.11. The Hall–Kier alpha value is -2.46. The quantitative estimate of drug-likeness (QED) is 0.922. The molecule has 5 nitrogen and oxygen atoms in total. The van der Waals surface area contributed by atoms with Gasteiger partial charge in [-0.25, -0.2) is 13.8 Å². The van der Waals surface area contributed by atoms with Gasteiger partial charge in [-0.2, -0.15) is 5.26 Å². The molecule has 0 amide bonds. The third-order valence-electron chi connectivity index (χ3n) is 2.27. The van der Waals surface area contributed by atoms with Crippen LogP contribution in [-0.4, -0.2) is 9.97 Å². The lowest BCUT2D eigenvalue weighted by Gasteiger charge is -2.09. The van der Waals surface area contributed by atoms with Crippen molar-refractivity contribution in [3.63, 3.8) is 0 Å². The first-order chi connectivity index (χ1) is 10.5. The Labute approximate surface area is 130 Å². The molecule has 0 aliphatic rings. The molecule has 0 aliphatic carbocycles. The van der Waals surface area contributed by atoms with Gasteiger partial charge in [-0.3, -0.25) is 4.79 Å². The predicted molar refractivity (Wildman–Crippen MR) is 77.4 cm³/mol. The molecule has 1 aromatic carbocycles. The summed E-state index contributed by atoms with van der Waals surface area (Å²) in [7, 11) is 0. The van der Waals surface area contributed by atoms with Crippen LogP contribution in [0.2, 0.25) is 5.02 Å².